The van der Waals surface area contributed by atoms with Crippen LogP contribution in [0.4, 0.5) is 0 Å². The molecule has 2 rings (SSSR count). The number of hydrogen-bond acceptors (Lipinski definition) is 2. The van der Waals surface area contributed by atoms with Gasteiger partial charge in [-0.25, -0.2) is 0 Å². The molecule has 0 spiro atoms. The molecule has 68 valence electrons. The van der Waals surface area contributed by atoms with Crippen molar-refractivity contribution in [2.45, 2.75) is 39.2 Å². The Kier molecular flexibility index (Phi) is 1.85. The third kappa shape index (κ3) is 1.13. The first-order chi connectivity index (χ1) is 5.68. The molecule has 0 amide bonds. The summed E-state index contributed by atoms with van der Waals surface area (Å²) in [6, 6.07) is 0. The average molecular weight is 168 g/mol. The highest BCUT2D eigenvalue weighted by atomic mass is 16.6. The van der Waals surface area contributed by atoms with Crippen molar-refractivity contribution in [3.8, 4) is 0 Å². The van der Waals surface area contributed by atoms with E-state index < -0.39 is 0 Å². The summed E-state index contributed by atoms with van der Waals surface area (Å²) < 4.78 is 5.31. The molecule has 2 unspecified atom stereocenters. The molecule has 2 aliphatic rings. The smallest absolute Gasteiger partial charge is 0.309 e. The Balaban J connectivity index is 2.09. The third-order valence-electron chi connectivity index (χ3n) is 3.39. The second-order valence-electron chi connectivity index (χ2n) is 4.35. The Morgan fingerprint density at radius 3 is 2.83 bits per heavy atom. The molecule has 1 aliphatic carbocycles. The molecule has 1 heterocycles. The van der Waals surface area contributed by atoms with Crippen molar-refractivity contribution in [3.05, 3.63) is 0 Å². The minimum Gasteiger partial charge on any atom is -0.462 e. The first kappa shape index (κ1) is 8.09. The largest absolute Gasteiger partial charge is 0.462 e. The van der Waals surface area contributed by atoms with E-state index in [0.29, 0.717) is 5.92 Å². The summed E-state index contributed by atoms with van der Waals surface area (Å²) >= 11 is 0. The van der Waals surface area contributed by atoms with Gasteiger partial charge in [-0.3, -0.25) is 4.79 Å². The van der Waals surface area contributed by atoms with Gasteiger partial charge >= 0.3 is 5.97 Å². The predicted molar refractivity (Wildman–Crippen MR) is 45.5 cm³/mol. The summed E-state index contributed by atoms with van der Waals surface area (Å²) in [5, 5.41) is 0. The number of ether oxygens (including phenoxy) is 1. The lowest BCUT2D eigenvalue weighted by Gasteiger charge is -2.28. The van der Waals surface area contributed by atoms with Gasteiger partial charge in [0.15, 0.2) is 0 Å². The van der Waals surface area contributed by atoms with Gasteiger partial charge in [0.05, 0.1) is 5.92 Å². The van der Waals surface area contributed by atoms with Crippen LogP contribution in [0, 0.1) is 17.8 Å². The SMILES string of the molecule is C[C@@H]1CCC2C(C1)OC(=O)[C@H]2C. The number of esters is 1. The molecular weight excluding hydrogens is 152 g/mol. The Bertz CT molecular complexity index is 200. The fraction of sp³-hybridized carbons (Fsp3) is 0.900. The van der Waals surface area contributed by atoms with E-state index in [0.717, 1.165) is 12.3 Å². The van der Waals surface area contributed by atoms with Gasteiger partial charge in [0.2, 0.25) is 0 Å². The normalized spacial score (nSPS) is 47.0. The van der Waals surface area contributed by atoms with E-state index in [-0.39, 0.29) is 18.0 Å². The molecule has 2 fully saturated rings. The van der Waals surface area contributed by atoms with Crippen molar-refractivity contribution < 1.29 is 9.53 Å². The standard InChI is InChI=1S/C10H16O2/c1-6-3-4-8-7(2)10(11)12-9(8)5-6/h6-9H,3-5H2,1-2H3/t6-,7+,8?,9?/m1/s1. The van der Waals surface area contributed by atoms with Gasteiger partial charge in [-0.2, -0.15) is 0 Å². The van der Waals surface area contributed by atoms with Gasteiger partial charge in [-0.05, 0) is 18.8 Å². The fourth-order valence-electron chi connectivity index (χ4n) is 2.49. The quantitative estimate of drug-likeness (QED) is 0.517. The molecule has 0 aromatic heterocycles. The van der Waals surface area contributed by atoms with Crippen molar-refractivity contribution in [2.24, 2.45) is 17.8 Å². The summed E-state index contributed by atoms with van der Waals surface area (Å²) in [7, 11) is 0. The molecule has 12 heavy (non-hydrogen) atoms. The Morgan fingerprint density at radius 1 is 1.33 bits per heavy atom. The van der Waals surface area contributed by atoms with Crippen molar-refractivity contribution >= 4 is 5.97 Å². The van der Waals surface area contributed by atoms with Crippen LogP contribution >= 0.6 is 0 Å². The highest BCUT2D eigenvalue weighted by molar-refractivity contribution is 5.74. The van der Waals surface area contributed by atoms with Gasteiger partial charge in [0.1, 0.15) is 6.10 Å². The molecule has 2 heteroatoms. The molecule has 0 radical (unpaired) electrons. The number of fused-ring (bicyclic) bond motifs is 1. The van der Waals surface area contributed by atoms with Crippen LogP contribution in [0.2, 0.25) is 0 Å². The van der Waals surface area contributed by atoms with Gasteiger partial charge in [-0.15, -0.1) is 0 Å². The molecule has 0 aromatic carbocycles. The average Bonchev–Trinajstić information content (AvgIpc) is 2.28. The van der Waals surface area contributed by atoms with Crippen molar-refractivity contribution in [1.29, 1.82) is 0 Å². The number of hydrogen-bond donors (Lipinski definition) is 0. The minimum absolute atomic E-state index is 0.0269. The van der Waals surface area contributed by atoms with E-state index in [4.69, 9.17) is 4.74 Å². The van der Waals surface area contributed by atoms with Crippen LogP contribution in [0.25, 0.3) is 0 Å². The molecule has 0 aromatic rings. The zero-order chi connectivity index (χ0) is 8.72. The van der Waals surface area contributed by atoms with Crippen LogP contribution in [0.5, 0.6) is 0 Å². The highest BCUT2D eigenvalue weighted by Gasteiger charge is 2.43. The van der Waals surface area contributed by atoms with Crippen LogP contribution in [-0.4, -0.2) is 12.1 Å². The maximum atomic E-state index is 11.2. The van der Waals surface area contributed by atoms with E-state index in [1.807, 2.05) is 6.92 Å². The summed E-state index contributed by atoms with van der Waals surface area (Å²) in [6.45, 7) is 4.25. The van der Waals surface area contributed by atoms with Gasteiger partial charge in [-0.1, -0.05) is 20.3 Å². The van der Waals surface area contributed by atoms with Crippen molar-refractivity contribution in [1.82, 2.24) is 0 Å². The molecule has 2 nitrogen and oxygen atoms in total. The van der Waals surface area contributed by atoms with Crippen LogP contribution < -0.4 is 0 Å². The minimum atomic E-state index is 0.0269. The zero-order valence-electron chi connectivity index (χ0n) is 7.75. The molecule has 0 bridgehead atoms. The predicted octanol–water partition coefficient (Wildman–Crippen LogP) is 1.98. The first-order valence-electron chi connectivity index (χ1n) is 4.89. The first-order valence-corrected chi connectivity index (χ1v) is 4.89. The summed E-state index contributed by atoms with van der Waals surface area (Å²) in [6.07, 6.45) is 3.78. The van der Waals surface area contributed by atoms with Gasteiger partial charge in [0.25, 0.3) is 0 Å². The number of carbonyl (C=O) groups excluding carboxylic acids is 1. The second kappa shape index (κ2) is 2.75. The van der Waals surface area contributed by atoms with Gasteiger partial charge in [0, 0.05) is 5.92 Å². The summed E-state index contributed by atoms with van der Waals surface area (Å²) in [4.78, 5) is 11.2. The molecule has 4 atom stereocenters. The van der Waals surface area contributed by atoms with Crippen LogP contribution in [0.3, 0.4) is 0 Å². The Morgan fingerprint density at radius 2 is 2.08 bits per heavy atom. The van der Waals surface area contributed by atoms with Crippen LogP contribution in [0.15, 0.2) is 0 Å². The monoisotopic (exact) mass is 168 g/mol. The van der Waals surface area contributed by atoms with Gasteiger partial charge < -0.3 is 4.74 Å². The topological polar surface area (TPSA) is 26.3 Å². The molecular formula is C10H16O2. The lowest BCUT2D eigenvalue weighted by atomic mass is 9.77. The number of carbonyl (C=O) groups is 1. The van der Waals surface area contributed by atoms with E-state index in [9.17, 15) is 4.79 Å². The molecule has 1 saturated carbocycles. The number of rotatable bonds is 0. The lowest BCUT2D eigenvalue weighted by Crippen LogP contribution is -2.27. The Labute approximate surface area is 73.3 Å². The third-order valence-corrected chi connectivity index (χ3v) is 3.39. The molecule has 0 N–H and O–H groups in total. The summed E-state index contributed by atoms with van der Waals surface area (Å²) in [5.41, 5.74) is 0. The van der Waals surface area contributed by atoms with Crippen LogP contribution in [-0.2, 0) is 9.53 Å². The van der Waals surface area contributed by atoms with Crippen LogP contribution in [0.1, 0.15) is 33.1 Å². The highest BCUT2D eigenvalue weighted by Crippen LogP contribution is 2.40. The van der Waals surface area contributed by atoms with E-state index in [1.54, 1.807) is 0 Å². The van der Waals surface area contributed by atoms with E-state index in [1.165, 1.54) is 12.8 Å². The molecule has 1 aliphatic heterocycles. The maximum absolute atomic E-state index is 11.2. The lowest BCUT2D eigenvalue weighted by molar-refractivity contribution is -0.144. The second-order valence-corrected chi connectivity index (χ2v) is 4.35. The fourth-order valence-corrected chi connectivity index (χ4v) is 2.49. The molecule has 1 saturated heterocycles. The zero-order valence-corrected chi connectivity index (χ0v) is 7.75. The van der Waals surface area contributed by atoms with E-state index >= 15 is 0 Å². The van der Waals surface area contributed by atoms with Crippen molar-refractivity contribution in [2.75, 3.05) is 0 Å². The van der Waals surface area contributed by atoms with Crippen molar-refractivity contribution in [3.63, 3.8) is 0 Å². The summed E-state index contributed by atoms with van der Waals surface area (Å²) in [5.74, 6) is 1.44. The maximum Gasteiger partial charge on any atom is 0.309 e. The van der Waals surface area contributed by atoms with E-state index in [2.05, 4.69) is 6.92 Å². The Hall–Kier alpha value is -0.530.